The third-order valence-electron chi connectivity index (χ3n) is 5.41. The highest BCUT2D eigenvalue weighted by Crippen LogP contribution is 2.43. The van der Waals surface area contributed by atoms with E-state index in [-0.39, 0.29) is 22.3 Å². The fourth-order valence-corrected chi connectivity index (χ4v) is 4.13. The van der Waals surface area contributed by atoms with E-state index in [0.717, 1.165) is 0 Å². The smallest absolute Gasteiger partial charge is 0.258 e. The highest BCUT2D eigenvalue weighted by molar-refractivity contribution is 6.25. The van der Waals surface area contributed by atoms with Gasteiger partial charge < -0.3 is 0 Å². The number of nitrogens with zero attached hydrogens (tertiary/aromatic N) is 4. The van der Waals surface area contributed by atoms with Gasteiger partial charge in [-0.05, 0) is 48.4 Å². The van der Waals surface area contributed by atoms with Crippen molar-refractivity contribution in [2.75, 3.05) is 0 Å². The molecule has 0 heterocycles. The first-order valence-electron chi connectivity index (χ1n) is 8.85. The monoisotopic (exact) mass is 396 g/mol. The second-order valence-corrected chi connectivity index (χ2v) is 6.97. The Morgan fingerprint density at radius 3 is 1.97 bits per heavy atom. The molecule has 0 aliphatic heterocycles. The zero-order chi connectivity index (χ0) is 21.7. The Kier molecular flexibility index (Phi) is 4.07. The number of nitriles is 2. The van der Waals surface area contributed by atoms with Crippen LogP contribution in [0.25, 0.3) is 32.3 Å². The lowest BCUT2D eigenvalue weighted by molar-refractivity contribution is -0.385. The highest BCUT2D eigenvalue weighted by atomic mass is 16.6. The van der Waals surface area contributed by atoms with E-state index in [0.29, 0.717) is 43.6 Å². The molecule has 0 saturated carbocycles. The zero-order valence-corrected chi connectivity index (χ0v) is 15.9. The molecule has 0 N–H and O–H groups in total. The van der Waals surface area contributed by atoms with Gasteiger partial charge in [0.2, 0.25) is 0 Å². The van der Waals surface area contributed by atoms with Crippen molar-refractivity contribution >= 4 is 43.7 Å². The van der Waals surface area contributed by atoms with E-state index in [9.17, 15) is 30.8 Å². The lowest BCUT2D eigenvalue weighted by atomic mass is 9.87. The molecule has 0 aromatic heterocycles. The molecule has 4 rings (SSSR count). The first-order valence-corrected chi connectivity index (χ1v) is 8.85. The van der Waals surface area contributed by atoms with Crippen LogP contribution >= 0.6 is 0 Å². The van der Waals surface area contributed by atoms with Gasteiger partial charge in [-0.25, -0.2) is 0 Å². The number of rotatable bonds is 2. The highest BCUT2D eigenvalue weighted by Gasteiger charge is 2.24. The quantitative estimate of drug-likeness (QED) is 0.255. The van der Waals surface area contributed by atoms with Crippen LogP contribution in [0.5, 0.6) is 0 Å². The van der Waals surface area contributed by atoms with Gasteiger partial charge >= 0.3 is 0 Å². The molecule has 0 spiro atoms. The largest absolute Gasteiger partial charge is 0.278 e. The van der Waals surface area contributed by atoms with Gasteiger partial charge in [-0.3, -0.25) is 20.2 Å². The Bertz CT molecular complexity index is 1540. The summed E-state index contributed by atoms with van der Waals surface area (Å²) < 4.78 is 0. The summed E-state index contributed by atoms with van der Waals surface area (Å²) in [5, 5.41) is 45.3. The lowest BCUT2D eigenvalue weighted by Crippen LogP contribution is -1.98. The molecule has 0 saturated heterocycles. The van der Waals surface area contributed by atoms with Gasteiger partial charge in [0.1, 0.15) is 6.07 Å². The maximum absolute atomic E-state index is 11.7. The number of benzene rings is 4. The third kappa shape index (κ3) is 2.45. The molecule has 8 nitrogen and oxygen atoms in total. The predicted octanol–water partition coefficient (Wildman–Crippen LogP) is 5.32. The normalized spacial score (nSPS) is 10.8. The van der Waals surface area contributed by atoms with Crippen LogP contribution in [0.2, 0.25) is 0 Å². The second kappa shape index (κ2) is 6.50. The first kappa shape index (κ1) is 18.8. The van der Waals surface area contributed by atoms with E-state index in [1.54, 1.807) is 26.0 Å². The van der Waals surface area contributed by atoms with E-state index in [1.165, 1.54) is 24.3 Å². The van der Waals surface area contributed by atoms with E-state index in [1.807, 2.05) is 6.07 Å². The first-order chi connectivity index (χ1) is 14.3. The molecule has 0 amide bonds. The molecule has 4 aromatic carbocycles. The van der Waals surface area contributed by atoms with Crippen molar-refractivity contribution in [2.24, 2.45) is 0 Å². The van der Waals surface area contributed by atoms with Crippen molar-refractivity contribution in [1.82, 2.24) is 0 Å². The van der Waals surface area contributed by atoms with Gasteiger partial charge in [0.25, 0.3) is 11.4 Å². The molecule has 0 aliphatic carbocycles. The fraction of sp³-hybridized carbons (Fsp3) is 0.0909. The molecule has 0 aliphatic rings. The van der Waals surface area contributed by atoms with Crippen LogP contribution < -0.4 is 0 Å². The van der Waals surface area contributed by atoms with Crippen molar-refractivity contribution in [3.05, 3.63) is 78.9 Å². The van der Waals surface area contributed by atoms with Gasteiger partial charge in [0.15, 0.2) is 0 Å². The number of nitro groups is 2. The second-order valence-electron chi connectivity index (χ2n) is 6.97. The molecule has 0 fully saturated rings. The van der Waals surface area contributed by atoms with E-state index in [4.69, 9.17) is 0 Å². The topological polar surface area (TPSA) is 134 Å². The van der Waals surface area contributed by atoms with Crippen LogP contribution in [0.3, 0.4) is 0 Å². The lowest BCUT2D eigenvalue weighted by Gasteiger charge is -2.14. The van der Waals surface area contributed by atoms with Crippen LogP contribution in [0, 0.1) is 56.7 Å². The van der Waals surface area contributed by atoms with Crippen molar-refractivity contribution in [3.63, 3.8) is 0 Å². The van der Waals surface area contributed by atoms with Gasteiger partial charge in [-0.2, -0.15) is 10.5 Å². The number of nitro benzene ring substituents is 2. The maximum atomic E-state index is 11.7. The number of hydrogen-bond donors (Lipinski definition) is 0. The molecule has 0 radical (unpaired) electrons. The SMILES string of the molecule is Cc1c([N+](=O)[O-])ccc2c(C#N)cc3cc(C#N)c4c([N+](=O)[O-])ccc(C)c4c3c12. The standard InChI is InChI=1S/C22H12N4O4/c1-11-3-5-18(26(29)30)21-15(10-24)8-13-7-14(9-23)16-4-6-17(25(27)28)12(2)20(16)22(13)19(11)21/h3-8H,1-2H3. The Balaban J connectivity index is 2.47. The molecule has 8 heteroatoms. The average Bonchev–Trinajstić information content (AvgIpc) is 2.71. The summed E-state index contributed by atoms with van der Waals surface area (Å²) in [5.41, 5.74) is 1.14. The summed E-state index contributed by atoms with van der Waals surface area (Å²) in [5.74, 6) is 0. The maximum Gasteiger partial charge on any atom is 0.278 e. The van der Waals surface area contributed by atoms with Crippen molar-refractivity contribution in [1.29, 1.82) is 10.5 Å². The number of hydrogen-bond acceptors (Lipinski definition) is 6. The molecule has 0 bridgehead atoms. The minimum atomic E-state index is -0.546. The molecule has 144 valence electrons. The van der Waals surface area contributed by atoms with Crippen molar-refractivity contribution in [2.45, 2.75) is 13.8 Å². The van der Waals surface area contributed by atoms with Gasteiger partial charge in [0, 0.05) is 33.9 Å². The molecule has 0 unspecified atom stereocenters. The Morgan fingerprint density at radius 1 is 0.767 bits per heavy atom. The number of aryl methyl sites for hydroxylation is 2. The predicted molar refractivity (Wildman–Crippen MR) is 111 cm³/mol. The summed E-state index contributed by atoms with van der Waals surface area (Å²) >= 11 is 0. The fourth-order valence-electron chi connectivity index (χ4n) is 4.13. The van der Waals surface area contributed by atoms with E-state index >= 15 is 0 Å². The number of non-ortho nitro benzene ring substituents is 1. The average molecular weight is 396 g/mol. The number of fused-ring (bicyclic) bond motifs is 5. The Hall–Kier alpha value is -4.56. The summed E-state index contributed by atoms with van der Waals surface area (Å²) in [7, 11) is 0. The van der Waals surface area contributed by atoms with E-state index in [2.05, 4.69) is 6.07 Å². The summed E-state index contributed by atoms with van der Waals surface area (Å²) in [6, 6.07) is 13.1. The van der Waals surface area contributed by atoms with Crippen LogP contribution in [0.15, 0.2) is 36.4 Å². The van der Waals surface area contributed by atoms with Crippen molar-refractivity contribution < 1.29 is 9.85 Å². The van der Waals surface area contributed by atoms with E-state index < -0.39 is 9.85 Å². The van der Waals surface area contributed by atoms with Gasteiger partial charge in [-0.1, -0.05) is 6.07 Å². The molecular formula is C22H12N4O4. The molecular weight excluding hydrogens is 384 g/mol. The third-order valence-corrected chi connectivity index (χ3v) is 5.41. The molecule has 4 aromatic rings. The summed E-state index contributed by atoms with van der Waals surface area (Å²) in [6.07, 6.45) is 0. The Labute approximate surface area is 169 Å². The minimum Gasteiger partial charge on any atom is -0.258 e. The minimum absolute atomic E-state index is 0.110. The van der Waals surface area contributed by atoms with Crippen molar-refractivity contribution in [3.8, 4) is 12.1 Å². The van der Waals surface area contributed by atoms with Gasteiger partial charge in [-0.15, -0.1) is 0 Å². The zero-order valence-electron chi connectivity index (χ0n) is 15.9. The summed E-state index contributed by atoms with van der Waals surface area (Å²) in [6.45, 7) is 3.36. The van der Waals surface area contributed by atoms with Gasteiger partial charge in [0.05, 0.1) is 32.4 Å². The molecule has 30 heavy (non-hydrogen) atoms. The molecule has 0 atom stereocenters. The Morgan fingerprint density at radius 2 is 1.37 bits per heavy atom. The van der Waals surface area contributed by atoms with Crippen LogP contribution in [-0.4, -0.2) is 9.85 Å². The van der Waals surface area contributed by atoms with Crippen LogP contribution in [0.4, 0.5) is 11.4 Å². The van der Waals surface area contributed by atoms with Crippen LogP contribution in [0.1, 0.15) is 22.3 Å². The summed E-state index contributed by atoms with van der Waals surface area (Å²) in [4.78, 5) is 22.2. The van der Waals surface area contributed by atoms with Crippen LogP contribution in [-0.2, 0) is 0 Å².